The molecule has 2 N–H and O–H groups in total. The summed E-state index contributed by atoms with van der Waals surface area (Å²) in [5.41, 5.74) is -0.462. The van der Waals surface area contributed by atoms with Crippen LogP contribution in [0.25, 0.3) is 0 Å². The van der Waals surface area contributed by atoms with Crippen LogP contribution in [0.4, 0.5) is 19.5 Å². The fraction of sp³-hybridized carbons (Fsp3) is 0.421. The zero-order chi connectivity index (χ0) is 22.0. The summed E-state index contributed by atoms with van der Waals surface area (Å²) in [6.07, 6.45) is -0.685. The van der Waals surface area contributed by atoms with Crippen molar-refractivity contribution in [1.29, 1.82) is 0 Å². The molecule has 1 unspecified atom stereocenters. The van der Waals surface area contributed by atoms with E-state index >= 15 is 0 Å². The number of hydrogen-bond acceptors (Lipinski definition) is 5. The number of benzene rings is 1. The summed E-state index contributed by atoms with van der Waals surface area (Å²) in [6.45, 7) is 4.22. The van der Waals surface area contributed by atoms with Gasteiger partial charge in [0.05, 0.1) is 6.04 Å². The lowest BCUT2D eigenvalue weighted by molar-refractivity contribution is 0.198. The van der Waals surface area contributed by atoms with Gasteiger partial charge in [-0.1, -0.05) is 0 Å². The Balaban J connectivity index is 2.04. The van der Waals surface area contributed by atoms with Crippen LogP contribution in [-0.2, 0) is 6.61 Å². The van der Waals surface area contributed by atoms with Crippen LogP contribution in [-0.4, -0.2) is 39.9 Å². The van der Waals surface area contributed by atoms with Gasteiger partial charge in [-0.25, -0.2) is 18.5 Å². The van der Waals surface area contributed by atoms with Crippen LogP contribution < -0.4 is 20.5 Å². The van der Waals surface area contributed by atoms with Crippen molar-refractivity contribution in [1.82, 2.24) is 14.9 Å². The van der Waals surface area contributed by atoms with Crippen molar-refractivity contribution in [2.75, 3.05) is 18.0 Å². The molecule has 1 aromatic heterocycles. The Kier molecular flexibility index (Phi) is 6.71. The molecule has 1 atom stereocenters. The standard InChI is InChI=1S/C19H21BrF2N4O4/c1-10(2)25-17(27)15(20)16(30-9-11-3-4-12(21)7-14(11)22)24-18(25)26(19(28)29)13-5-6-23-8-13/h3-4,7,10,13,23H,5-6,8-9H2,1-2H3,(H,28,29). The van der Waals surface area contributed by atoms with Crippen molar-refractivity contribution < 1.29 is 23.4 Å². The number of nitrogens with one attached hydrogen (secondary N) is 1. The summed E-state index contributed by atoms with van der Waals surface area (Å²) in [7, 11) is 0. The molecule has 0 saturated carbocycles. The number of hydrogen-bond donors (Lipinski definition) is 2. The Labute approximate surface area is 179 Å². The molecule has 1 aromatic carbocycles. The normalized spacial score (nSPS) is 16.1. The first-order chi connectivity index (χ1) is 14.2. The fourth-order valence-corrected chi connectivity index (χ4v) is 3.66. The molecule has 2 aromatic rings. The maximum absolute atomic E-state index is 13.9. The van der Waals surface area contributed by atoms with Gasteiger partial charge < -0.3 is 15.2 Å². The molecule has 3 rings (SSSR count). The Bertz CT molecular complexity index is 1010. The van der Waals surface area contributed by atoms with Gasteiger partial charge in [-0.15, -0.1) is 0 Å². The zero-order valence-corrected chi connectivity index (χ0v) is 17.9. The van der Waals surface area contributed by atoms with Crippen LogP contribution in [0, 0.1) is 11.6 Å². The second kappa shape index (κ2) is 9.09. The van der Waals surface area contributed by atoms with Crippen molar-refractivity contribution in [3.8, 4) is 5.88 Å². The number of aromatic nitrogens is 2. The average Bonchev–Trinajstić information content (AvgIpc) is 3.18. The smallest absolute Gasteiger partial charge is 0.414 e. The average molecular weight is 487 g/mol. The number of rotatable bonds is 6. The third-order valence-electron chi connectivity index (χ3n) is 4.73. The van der Waals surface area contributed by atoms with Gasteiger partial charge in [-0.2, -0.15) is 4.98 Å². The maximum atomic E-state index is 13.9. The first-order valence-corrected chi connectivity index (χ1v) is 10.1. The Morgan fingerprint density at radius 2 is 2.20 bits per heavy atom. The predicted molar refractivity (Wildman–Crippen MR) is 109 cm³/mol. The second-order valence-corrected chi connectivity index (χ2v) is 7.92. The summed E-state index contributed by atoms with van der Waals surface area (Å²) in [6, 6.07) is 2.26. The van der Waals surface area contributed by atoms with Gasteiger partial charge in [0.25, 0.3) is 5.56 Å². The monoisotopic (exact) mass is 486 g/mol. The van der Waals surface area contributed by atoms with Crippen molar-refractivity contribution in [2.24, 2.45) is 0 Å². The topological polar surface area (TPSA) is 96.7 Å². The van der Waals surface area contributed by atoms with Gasteiger partial charge in [0.1, 0.15) is 22.7 Å². The molecule has 1 aliphatic heterocycles. The maximum Gasteiger partial charge on any atom is 0.414 e. The van der Waals surface area contributed by atoms with E-state index in [0.29, 0.717) is 19.5 Å². The van der Waals surface area contributed by atoms with E-state index in [4.69, 9.17) is 4.74 Å². The number of carbonyl (C=O) groups is 1. The molecule has 0 aliphatic carbocycles. The van der Waals surface area contributed by atoms with Gasteiger partial charge in [0.15, 0.2) is 0 Å². The van der Waals surface area contributed by atoms with Crippen LogP contribution in [0.5, 0.6) is 5.88 Å². The Morgan fingerprint density at radius 3 is 2.77 bits per heavy atom. The van der Waals surface area contributed by atoms with Crippen LogP contribution in [0.1, 0.15) is 31.9 Å². The van der Waals surface area contributed by atoms with Crippen molar-refractivity contribution >= 4 is 28.0 Å². The molecule has 8 nitrogen and oxygen atoms in total. The first-order valence-electron chi connectivity index (χ1n) is 9.32. The lowest BCUT2D eigenvalue weighted by Gasteiger charge is -2.28. The number of nitrogens with zero attached hydrogens (tertiary/aromatic N) is 3. The van der Waals surface area contributed by atoms with Gasteiger partial charge in [-0.05, 0) is 54.9 Å². The molecule has 1 amide bonds. The largest absolute Gasteiger partial charge is 0.472 e. The third-order valence-corrected chi connectivity index (χ3v) is 5.41. The summed E-state index contributed by atoms with van der Waals surface area (Å²) in [5.74, 6) is -1.77. The number of anilines is 1. The van der Waals surface area contributed by atoms with E-state index in [1.165, 1.54) is 10.6 Å². The van der Waals surface area contributed by atoms with Crippen molar-refractivity contribution in [3.63, 3.8) is 0 Å². The number of carboxylic acid groups (broad SMARTS) is 1. The lowest BCUT2D eigenvalue weighted by atomic mass is 10.2. The number of ether oxygens (including phenoxy) is 1. The molecular weight excluding hydrogens is 466 g/mol. The minimum absolute atomic E-state index is 0.0163. The number of amides is 1. The summed E-state index contributed by atoms with van der Waals surface area (Å²) in [4.78, 5) is 30.3. The molecule has 1 fully saturated rings. The Hall–Kier alpha value is -2.53. The summed E-state index contributed by atoms with van der Waals surface area (Å²) in [5, 5.41) is 12.9. The number of halogens is 3. The van der Waals surface area contributed by atoms with Crippen LogP contribution in [0.3, 0.4) is 0 Å². The van der Waals surface area contributed by atoms with Gasteiger partial charge in [-0.3, -0.25) is 9.36 Å². The molecule has 1 saturated heterocycles. The van der Waals surface area contributed by atoms with E-state index in [2.05, 4.69) is 26.2 Å². The van der Waals surface area contributed by atoms with Crippen LogP contribution >= 0.6 is 15.9 Å². The van der Waals surface area contributed by atoms with E-state index in [1.54, 1.807) is 13.8 Å². The highest BCUT2D eigenvalue weighted by Crippen LogP contribution is 2.28. The molecule has 11 heteroatoms. The minimum atomic E-state index is -1.25. The summed E-state index contributed by atoms with van der Waals surface area (Å²) < 4.78 is 33.8. The highest BCUT2D eigenvalue weighted by atomic mass is 79.9. The SMILES string of the molecule is CC(C)n1c(N(C(=O)O)C2CCNC2)nc(OCc2ccc(F)cc2F)c(Br)c1=O. The predicted octanol–water partition coefficient (Wildman–Crippen LogP) is 3.29. The highest BCUT2D eigenvalue weighted by Gasteiger charge is 2.33. The molecule has 1 aliphatic rings. The van der Waals surface area contributed by atoms with Gasteiger partial charge in [0, 0.05) is 24.2 Å². The molecule has 0 bridgehead atoms. The molecule has 30 heavy (non-hydrogen) atoms. The van der Waals surface area contributed by atoms with E-state index < -0.39 is 29.3 Å². The lowest BCUT2D eigenvalue weighted by Crippen LogP contribution is -2.45. The first kappa shape index (κ1) is 22.2. The summed E-state index contributed by atoms with van der Waals surface area (Å²) >= 11 is 3.15. The third kappa shape index (κ3) is 4.46. The molecular formula is C19H21BrF2N4O4. The second-order valence-electron chi connectivity index (χ2n) is 7.12. The highest BCUT2D eigenvalue weighted by molar-refractivity contribution is 9.10. The van der Waals surface area contributed by atoms with E-state index in [0.717, 1.165) is 17.0 Å². The molecule has 0 spiro atoms. The van der Waals surface area contributed by atoms with E-state index in [1.807, 2.05) is 0 Å². The Morgan fingerprint density at radius 1 is 1.47 bits per heavy atom. The van der Waals surface area contributed by atoms with Crippen molar-refractivity contribution in [2.45, 2.75) is 39.0 Å². The van der Waals surface area contributed by atoms with Crippen molar-refractivity contribution in [3.05, 3.63) is 50.2 Å². The molecule has 2 heterocycles. The van der Waals surface area contributed by atoms with Crippen LogP contribution in [0.2, 0.25) is 0 Å². The quantitative estimate of drug-likeness (QED) is 0.650. The molecule has 162 valence electrons. The van der Waals surface area contributed by atoms with Gasteiger partial charge >= 0.3 is 6.09 Å². The van der Waals surface area contributed by atoms with E-state index in [9.17, 15) is 23.5 Å². The fourth-order valence-electron chi connectivity index (χ4n) is 3.26. The zero-order valence-electron chi connectivity index (χ0n) is 16.4. The van der Waals surface area contributed by atoms with E-state index in [-0.39, 0.29) is 34.5 Å². The van der Waals surface area contributed by atoms with Crippen LogP contribution in [0.15, 0.2) is 27.5 Å². The minimum Gasteiger partial charge on any atom is -0.472 e. The molecule has 0 radical (unpaired) electrons. The van der Waals surface area contributed by atoms with Gasteiger partial charge in [0.2, 0.25) is 11.8 Å².